The van der Waals surface area contributed by atoms with E-state index in [9.17, 15) is 9.90 Å². The molecule has 0 aliphatic rings. The molecule has 0 bridgehead atoms. The first kappa shape index (κ1) is 19.2. The van der Waals surface area contributed by atoms with Gasteiger partial charge in [-0.05, 0) is 35.9 Å². The Kier molecular flexibility index (Phi) is 5.95. The minimum absolute atomic E-state index is 0.111. The number of benzene rings is 2. The molecule has 0 spiro atoms. The summed E-state index contributed by atoms with van der Waals surface area (Å²) < 4.78 is 6.46. The maximum atomic E-state index is 12.3. The molecule has 1 amide bonds. The lowest BCUT2D eigenvalue weighted by molar-refractivity contribution is 0.102. The summed E-state index contributed by atoms with van der Waals surface area (Å²) in [6, 6.07) is 11.8. The van der Waals surface area contributed by atoms with Gasteiger partial charge in [0.1, 0.15) is 5.75 Å². The van der Waals surface area contributed by atoms with E-state index in [1.807, 2.05) is 0 Å². The second-order valence-electron chi connectivity index (χ2n) is 5.70. The number of carbonyl (C=O) groups excluding carboxylic acids is 1. The van der Waals surface area contributed by atoms with Crippen LogP contribution in [-0.4, -0.2) is 33.1 Å². The maximum absolute atomic E-state index is 12.3. The largest absolute Gasteiger partial charge is 0.495 e. The van der Waals surface area contributed by atoms with Gasteiger partial charge in [0.15, 0.2) is 5.69 Å². The van der Waals surface area contributed by atoms with Crippen molar-refractivity contribution < 1.29 is 14.6 Å². The summed E-state index contributed by atoms with van der Waals surface area (Å²) in [5.74, 6) is 0.0651. The van der Waals surface area contributed by atoms with Crippen LogP contribution in [0.5, 0.6) is 5.75 Å². The van der Waals surface area contributed by atoms with Gasteiger partial charge in [-0.15, -0.1) is 5.10 Å². The molecule has 0 aliphatic carbocycles. The quantitative estimate of drug-likeness (QED) is 0.652. The van der Waals surface area contributed by atoms with Gasteiger partial charge in [0.2, 0.25) is 0 Å². The Labute approximate surface area is 165 Å². The van der Waals surface area contributed by atoms with Crippen LogP contribution < -0.4 is 10.1 Å². The number of aromatic nitrogens is 3. The van der Waals surface area contributed by atoms with E-state index in [0.29, 0.717) is 27.0 Å². The van der Waals surface area contributed by atoms with E-state index < -0.39 is 12.0 Å². The van der Waals surface area contributed by atoms with Crippen LogP contribution in [0.15, 0.2) is 48.7 Å². The lowest BCUT2D eigenvalue weighted by Crippen LogP contribution is -2.12. The Morgan fingerprint density at radius 1 is 1.30 bits per heavy atom. The van der Waals surface area contributed by atoms with E-state index in [4.69, 9.17) is 27.9 Å². The summed E-state index contributed by atoms with van der Waals surface area (Å²) in [6.45, 7) is 0.134. The van der Waals surface area contributed by atoms with Gasteiger partial charge >= 0.3 is 0 Å². The number of carbonyl (C=O) groups is 1. The number of nitrogens with one attached hydrogen (secondary N) is 1. The molecule has 0 radical (unpaired) electrons. The standard InChI is InChI=1S/C18H16Cl2N4O3/c1-27-17-6-5-13(8-14(17)20)21-18(26)15-9-24(23-22-15)10-16(25)11-3-2-4-12(19)7-11/h2-9,16,25H,10H2,1H3,(H,21,26)/t16-/m0/s1. The van der Waals surface area contributed by atoms with Crippen LogP contribution in [-0.2, 0) is 6.54 Å². The lowest BCUT2D eigenvalue weighted by Gasteiger charge is -2.10. The number of anilines is 1. The van der Waals surface area contributed by atoms with E-state index in [0.717, 1.165) is 0 Å². The number of nitrogens with zero attached hydrogens (tertiary/aromatic N) is 3. The van der Waals surface area contributed by atoms with Gasteiger partial charge in [0.25, 0.3) is 5.91 Å². The van der Waals surface area contributed by atoms with Gasteiger partial charge in [-0.1, -0.05) is 40.5 Å². The highest BCUT2D eigenvalue weighted by Gasteiger charge is 2.15. The van der Waals surface area contributed by atoms with Gasteiger partial charge in [-0.25, -0.2) is 4.68 Å². The van der Waals surface area contributed by atoms with Crippen LogP contribution in [0.2, 0.25) is 10.0 Å². The van der Waals surface area contributed by atoms with E-state index in [2.05, 4.69) is 15.6 Å². The Bertz CT molecular complexity index is 961. The van der Waals surface area contributed by atoms with Crippen LogP contribution in [0.3, 0.4) is 0 Å². The number of rotatable bonds is 6. The van der Waals surface area contributed by atoms with Crippen molar-refractivity contribution in [3.05, 3.63) is 70.0 Å². The van der Waals surface area contributed by atoms with Crippen LogP contribution in [0.25, 0.3) is 0 Å². The third-order valence-corrected chi connectivity index (χ3v) is 4.30. The molecule has 2 N–H and O–H groups in total. The van der Waals surface area contributed by atoms with Crippen molar-refractivity contribution in [2.75, 3.05) is 12.4 Å². The van der Waals surface area contributed by atoms with Crippen molar-refractivity contribution in [3.8, 4) is 5.75 Å². The first-order valence-electron chi connectivity index (χ1n) is 7.95. The van der Waals surface area contributed by atoms with E-state index in [1.54, 1.807) is 42.5 Å². The molecule has 140 valence electrons. The van der Waals surface area contributed by atoms with Gasteiger partial charge in [-0.3, -0.25) is 4.79 Å². The lowest BCUT2D eigenvalue weighted by atomic mass is 10.1. The Hall–Kier alpha value is -2.61. The monoisotopic (exact) mass is 406 g/mol. The SMILES string of the molecule is COc1ccc(NC(=O)c2cn(C[C@H](O)c3cccc(Cl)c3)nn2)cc1Cl. The van der Waals surface area contributed by atoms with Gasteiger partial charge in [0.05, 0.1) is 31.0 Å². The summed E-state index contributed by atoms with van der Waals surface area (Å²) in [5, 5.41) is 21.6. The number of amides is 1. The molecule has 1 heterocycles. The smallest absolute Gasteiger partial charge is 0.277 e. The van der Waals surface area contributed by atoms with Crippen LogP contribution in [0, 0.1) is 0 Å². The molecule has 0 fully saturated rings. The van der Waals surface area contributed by atoms with Gasteiger partial charge < -0.3 is 15.2 Å². The second kappa shape index (κ2) is 8.39. The molecule has 27 heavy (non-hydrogen) atoms. The highest BCUT2D eigenvalue weighted by atomic mass is 35.5. The summed E-state index contributed by atoms with van der Waals surface area (Å²) in [4.78, 5) is 12.3. The third-order valence-electron chi connectivity index (χ3n) is 3.77. The second-order valence-corrected chi connectivity index (χ2v) is 6.54. The minimum Gasteiger partial charge on any atom is -0.495 e. The Balaban J connectivity index is 1.66. The Morgan fingerprint density at radius 2 is 2.11 bits per heavy atom. The number of hydrogen-bond donors (Lipinski definition) is 2. The van der Waals surface area contributed by atoms with Crippen molar-refractivity contribution in [2.24, 2.45) is 0 Å². The molecule has 0 saturated heterocycles. The zero-order valence-corrected chi connectivity index (χ0v) is 15.8. The molecule has 7 nitrogen and oxygen atoms in total. The molecular formula is C18H16Cl2N4O3. The number of methoxy groups -OCH3 is 1. The summed E-state index contributed by atoms with van der Waals surface area (Å²) in [7, 11) is 1.51. The molecule has 0 saturated carbocycles. The molecule has 0 aliphatic heterocycles. The summed E-state index contributed by atoms with van der Waals surface area (Å²) >= 11 is 12.0. The predicted molar refractivity (Wildman–Crippen MR) is 102 cm³/mol. The normalized spacial score (nSPS) is 11.9. The van der Waals surface area contributed by atoms with E-state index >= 15 is 0 Å². The molecule has 1 atom stereocenters. The van der Waals surface area contributed by atoms with E-state index in [-0.39, 0.29) is 12.2 Å². The third kappa shape index (κ3) is 4.77. The first-order chi connectivity index (χ1) is 13.0. The van der Waals surface area contributed by atoms with Crippen LogP contribution in [0.4, 0.5) is 5.69 Å². The van der Waals surface area contributed by atoms with E-state index in [1.165, 1.54) is 18.0 Å². The fourth-order valence-electron chi connectivity index (χ4n) is 2.43. The average Bonchev–Trinajstić information content (AvgIpc) is 3.10. The number of halogens is 2. The molecule has 2 aromatic carbocycles. The summed E-state index contributed by atoms with van der Waals surface area (Å²) in [6.07, 6.45) is 0.621. The predicted octanol–water partition coefficient (Wildman–Crippen LogP) is 3.58. The highest BCUT2D eigenvalue weighted by Crippen LogP contribution is 2.27. The average molecular weight is 407 g/mol. The molecule has 3 rings (SSSR count). The number of aliphatic hydroxyl groups is 1. The number of hydrogen-bond acceptors (Lipinski definition) is 5. The number of aliphatic hydroxyl groups excluding tert-OH is 1. The molecule has 9 heteroatoms. The molecule has 0 unspecified atom stereocenters. The first-order valence-corrected chi connectivity index (χ1v) is 8.70. The van der Waals surface area contributed by atoms with Crippen molar-refractivity contribution in [3.63, 3.8) is 0 Å². The summed E-state index contributed by atoms with van der Waals surface area (Å²) in [5.41, 5.74) is 1.26. The van der Waals surface area contributed by atoms with Crippen molar-refractivity contribution in [1.29, 1.82) is 0 Å². The Morgan fingerprint density at radius 3 is 2.81 bits per heavy atom. The maximum Gasteiger partial charge on any atom is 0.277 e. The molecule has 1 aromatic heterocycles. The van der Waals surface area contributed by atoms with Crippen molar-refractivity contribution >= 4 is 34.8 Å². The fourth-order valence-corrected chi connectivity index (χ4v) is 2.88. The van der Waals surface area contributed by atoms with Gasteiger partial charge in [-0.2, -0.15) is 0 Å². The van der Waals surface area contributed by atoms with Crippen molar-refractivity contribution in [2.45, 2.75) is 12.6 Å². The molecular weight excluding hydrogens is 391 g/mol. The van der Waals surface area contributed by atoms with Gasteiger partial charge in [0, 0.05) is 10.7 Å². The van der Waals surface area contributed by atoms with Crippen LogP contribution in [0.1, 0.15) is 22.2 Å². The van der Waals surface area contributed by atoms with Crippen LogP contribution >= 0.6 is 23.2 Å². The highest BCUT2D eigenvalue weighted by molar-refractivity contribution is 6.32. The number of ether oxygens (including phenoxy) is 1. The molecule has 3 aromatic rings. The fraction of sp³-hybridized carbons (Fsp3) is 0.167. The topological polar surface area (TPSA) is 89.3 Å². The van der Waals surface area contributed by atoms with Crippen molar-refractivity contribution in [1.82, 2.24) is 15.0 Å². The zero-order valence-electron chi connectivity index (χ0n) is 14.3. The zero-order chi connectivity index (χ0) is 19.4. The minimum atomic E-state index is -0.832.